The Bertz CT molecular complexity index is 473. The highest BCUT2D eigenvalue weighted by Gasteiger charge is 1.96. The normalized spacial score (nSPS) is 13.6. The molecule has 3 N–H and O–H groups in total. The summed E-state index contributed by atoms with van der Waals surface area (Å²) in [5, 5.41) is 5.24. The molecule has 0 saturated carbocycles. The van der Waals surface area contributed by atoms with Gasteiger partial charge < -0.3 is 15.6 Å². The molecule has 1 amide bonds. The zero-order valence-electron chi connectivity index (χ0n) is 8.60. The minimum absolute atomic E-state index is 0.0162. The first-order valence-electron chi connectivity index (χ1n) is 4.92. The predicted molar refractivity (Wildman–Crippen MR) is 61.4 cm³/mol. The van der Waals surface area contributed by atoms with Crippen LogP contribution in [0.2, 0.25) is 0 Å². The second-order valence-electron chi connectivity index (χ2n) is 3.20. The van der Waals surface area contributed by atoms with Crippen molar-refractivity contribution < 1.29 is 4.79 Å². The number of amides is 1. The van der Waals surface area contributed by atoms with Gasteiger partial charge in [-0.25, -0.2) is 4.98 Å². The molecule has 5 nitrogen and oxygen atoms in total. The average molecular weight is 216 g/mol. The smallest absolute Gasteiger partial charge is 0.243 e. The number of hydrogen-bond acceptors (Lipinski definition) is 3. The van der Waals surface area contributed by atoms with Crippen LogP contribution in [0, 0.1) is 0 Å². The van der Waals surface area contributed by atoms with Gasteiger partial charge in [0, 0.05) is 12.4 Å². The van der Waals surface area contributed by atoms with E-state index < -0.39 is 0 Å². The highest BCUT2D eigenvalue weighted by molar-refractivity contribution is 5.79. The number of imidazole rings is 1. The predicted octanol–water partition coefficient (Wildman–Crippen LogP) is 0.740. The van der Waals surface area contributed by atoms with E-state index in [2.05, 4.69) is 20.6 Å². The molecule has 16 heavy (non-hydrogen) atoms. The van der Waals surface area contributed by atoms with Crippen LogP contribution in [-0.4, -0.2) is 22.4 Å². The van der Waals surface area contributed by atoms with E-state index in [1.807, 2.05) is 24.3 Å². The Labute approximate surface area is 92.6 Å². The van der Waals surface area contributed by atoms with Crippen molar-refractivity contribution in [2.75, 3.05) is 6.54 Å². The van der Waals surface area contributed by atoms with Gasteiger partial charge in [-0.15, -0.1) is 0 Å². The third-order valence-electron chi connectivity index (χ3n) is 2.04. The van der Waals surface area contributed by atoms with E-state index in [-0.39, 0.29) is 5.91 Å². The summed E-state index contributed by atoms with van der Waals surface area (Å²) in [7, 11) is 0. The van der Waals surface area contributed by atoms with Gasteiger partial charge in [0.15, 0.2) is 0 Å². The third-order valence-corrected chi connectivity index (χ3v) is 2.04. The van der Waals surface area contributed by atoms with E-state index in [0.717, 1.165) is 11.0 Å². The summed E-state index contributed by atoms with van der Waals surface area (Å²) >= 11 is 0. The van der Waals surface area contributed by atoms with Crippen LogP contribution in [0.5, 0.6) is 0 Å². The van der Waals surface area contributed by atoms with Crippen molar-refractivity contribution in [2.45, 2.75) is 0 Å². The molecule has 5 heteroatoms. The molecule has 0 bridgehead atoms. The van der Waals surface area contributed by atoms with Crippen molar-refractivity contribution in [2.24, 2.45) is 0 Å². The van der Waals surface area contributed by atoms with Gasteiger partial charge in [0.2, 0.25) is 5.91 Å². The number of fused-ring (bicyclic) bond motifs is 1. The van der Waals surface area contributed by atoms with Crippen molar-refractivity contribution in [3.05, 3.63) is 43.0 Å². The topological polar surface area (TPSA) is 69.8 Å². The molecule has 1 aromatic carbocycles. The number of nitrogens with one attached hydrogen (secondary N) is 3. The number of benzene rings is 1. The molecule has 3 rings (SSSR count). The quantitative estimate of drug-likeness (QED) is 0.608. The fraction of sp³-hybridized carbons (Fsp3) is 0.0909. The number of carbonyl (C=O) groups excluding carboxylic acids is 1. The van der Waals surface area contributed by atoms with Crippen molar-refractivity contribution in [1.82, 2.24) is 20.6 Å². The van der Waals surface area contributed by atoms with Crippen LogP contribution in [0.1, 0.15) is 0 Å². The molecule has 0 fully saturated rings. The second-order valence-corrected chi connectivity index (χ2v) is 3.20. The molecule has 1 aliphatic rings. The third kappa shape index (κ3) is 2.60. The number of carbonyl (C=O) groups is 1. The monoisotopic (exact) mass is 216 g/mol. The zero-order chi connectivity index (χ0) is 11.2. The van der Waals surface area contributed by atoms with Crippen LogP contribution in [-0.2, 0) is 4.79 Å². The number of hydrogen-bond donors (Lipinski definition) is 3. The Morgan fingerprint density at radius 3 is 2.69 bits per heavy atom. The first-order valence-corrected chi connectivity index (χ1v) is 4.92. The summed E-state index contributed by atoms with van der Waals surface area (Å²) in [6.07, 6.45) is 4.97. The molecule has 2 aromatic rings. The van der Waals surface area contributed by atoms with Crippen molar-refractivity contribution in [1.29, 1.82) is 0 Å². The highest BCUT2D eigenvalue weighted by atomic mass is 16.1. The maximum Gasteiger partial charge on any atom is 0.243 e. The van der Waals surface area contributed by atoms with Gasteiger partial charge in [-0.2, -0.15) is 0 Å². The second kappa shape index (κ2) is 4.97. The van der Waals surface area contributed by atoms with Crippen LogP contribution in [0.4, 0.5) is 0 Å². The largest absolute Gasteiger partial charge is 0.381 e. The lowest BCUT2D eigenvalue weighted by Gasteiger charge is -2.04. The van der Waals surface area contributed by atoms with E-state index in [4.69, 9.17) is 0 Å². The Kier molecular flexibility index (Phi) is 3.18. The number of aromatic nitrogens is 2. The molecule has 0 spiro atoms. The lowest BCUT2D eigenvalue weighted by Crippen LogP contribution is -2.32. The minimum Gasteiger partial charge on any atom is -0.381 e. The Hall–Kier alpha value is -2.30. The maximum atomic E-state index is 10.2. The fourth-order valence-corrected chi connectivity index (χ4v) is 1.28. The summed E-state index contributed by atoms with van der Waals surface area (Å²) in [6, 6.07) is 7.94. The van der Waals surface area contributed by atoms with Gasteiger partial charge in [0.1, 0.15) is 0 Å². The van der Waals surface area contributed by atoms with E-state index in [0.29, 0.717) is 6.54 Å². The van der Waals surface area contributed by atoms with Gasteiger partial charge in [-0.1, -0.05) is 12.1 Å². The summed E-state index contributed by atoms with van der Waals surface area (Å²) in [6.45, 7) is 0.399. The zero-order valence-corrected chi connectivity index (χ0v) is 8.60. The van der Waals surface area contributed by atoms with Crippen molar-refractivity contribution >= 4 is 16.9 Å². The van der Waals surface area contributed by atoms with Crippen LogP contribution in [0.25, 0.3) is 11.0 Å². The van der Waals surface area contributed by atoms with Crippen molar-refractivity contribution in [3.63, 3.8) is 0 Å². The lowest BCUT2D eigenvalue weighted by molar-refractivity contribution is -0.119. The summed E-state index contributed by atoms with van der Waals surface area (Å²) in [4.78, 5) is 17.3. The van der Waals surface area contributed by atoms with Gasteiger partial charge in [0.25, 0.3) is 0 Å². The molecule has 0 radical (unpaired) electrons. The molecule has 82 valence electrons. The van der Waals surface area contributed by atoms with E-state index in [1.165, 1.54) is 0 Å². The molecular weight excluding hydrogens is 204 g/mol. The van der Waals surface area contributed by atoms with E-state index in [9.17, 15) is 4.79 Å². The molecule has 0 atom stereocenters. The maximum absolute atomic E-state index is 10.2. The standard InChI is InChI=1S/C7H6N2.C4H6N2O/c1-2-4-7-6(3-1)8-5-9-7;7-4-3-5-1-2-6-4/h1-5H,(H,8,9);1-2,5H,3H2,(H,6,7). The molecule has 0 saturated heterocycles. The number of aromatic amines is 1. The summed E-state index contributed by atoms with van der Waals surface area (Å²) < 4.78 is 0. The first-order chi connectivity index (χ1) is 7.86. The SMILES string of the molecule is O=C1CNC=CN1.c1ccc2[nH]cnc2c1. The number of rotatable bonds is 0. The van der Waals surface area contributed by atoms with Gasteiger partial charge in [0.05, 0.1) is 23.9 Å². The van der Waals surface area contributed by atoms with Crippen LogP contribution >= 0.6 is 0 Å². The number of para-hydroxylation sites is 2. The Morgan fingerprint density at radius 2 is 2.06 bits per heavy atom. The first kappa shape index (κ1) is 10.2. The molecule has 2 heterocycles. The molecular formula is C11H12N4O. The Balaban J connectivity index is 0.000000125. The summed E-state index contributed by atoms with van der Waals surface area (Å²) in [5.41, 5.74) is 2.12. The van der Waals surface area contributed by atoms with E-state index >= 15 is 0 Å². The molecule has 0 unspecified atom stereocenters. The van der Waals surface area contributed by atoms with Crippen LogP contribution in [0.3, 0.4) is 0 Å². The van der Waals surface area contributed by atoms with Crippen LogP contribution in [0.15, 0.2) is 43.0 Å². The lowest BCUT2D eigenvalue weighted by atomic mass is 10.3. The minimum atomic E-state index is 0.0162. The summed E-state index contributed by atoms with van der Waals surface area (Å²) in [5.74, 6) is 0.0162. The van der Waals surface area contributed by atoms with Gasteiger partial charge >= 0.3 is 0 Å². The highest BCUT2D eigenvalue weighted by Crippen LogP contribution is 2.05. The van der Waals surface area contributed by atoms with Gasteiger partial charge in [-0.3, -0.25) is 4.79 Å². The molecule has 0 aliphatic carbocycles. The molecule has 1 aromatic heterocycles. The average Bonchev–Trinajstić information content (AvgIpc) is 2.79. The van der Waals surface area contributed by atoms with E-state index in [1.54, 1.807) is 18.7 Å². The van der Waals surface area contributed by atoms with Gasteiger partial charge in [-0.05, 0) is 12.1 Å². The number of nitrogens with zero attached hydrogens (tertiary/aromatic N) is 1. The van der Waals surface area contributed by atoms with Crippen molar-refractivity contribution in [3.8, 4) is 0 Å². The fourth-order valence-electron chi connectivity index (χ4n) is 1.28. The Morgan fingerprint density at radius 1 is 1.19 bits per heavy atom. The molecule has 1 aliphatic heterocycles. The number of H-pyrrole nitrogens is 1. The van der Waals surface area contributed by atoms with Crippen LogP contribution < -0.4 is 10.6 Å².